The van der Waals surface area contributed by atoms with Crippen molar-refractivity contribution in [2.45, 2.75) is 25.7 Å². The van der Waals surface area contributed by atoms with Gasteiger partial charge in [0, 0.05) is 0 Å². The lowest BCUT2D eigenvalue weighted by molar-refractivity contribution is -0.826. The van der Waals surface area contributed by atoms with Crippen LogP contribution in [0, 0.1) is 11.1 Å². The van der Waals surface area contributed by atoms with E-state index < -0.39 is 0 Å². The zero-order valence-electron chi connectivity index (χ0n) is 6.02. The number of hydrogen-bond donors (Lipinski definition) is 1. The molecule has 0 aromatic heterocycles. The molecule has 0 aliphatic heterocycles. The largest absolute Gasteiger partial charge is 0.634 e. The van der Waals surface area contributed by atoms with Crippen LogP contribution >= 0.6 is 0 Å². The molecular formula is C7H15NO. The van der Waals surface area contributed by atoms with Gasteiger partial charge in [-0.25, -0.2) is 0 Å². The number of hydrogen-bond acceptors (Lipinski definition) is 1. The Hall–Kier alpha value is -0.0800. The van der Waals surface area contributed by atoms with Gasteiger partial charge in [0.1, 0.15) is 0 Å². The molecule has 1 fully saturated rings. The van der Waals surface area contributed by atoms with E-state index >= 15 is 0 Å². The molecule has 2 nitrogen and oxygen atoms in total. The van der Waals surface area contributed by atoms with Crippen LogP contribution in [0.25, 0.3) is 0 Å². The summed E-state index contributed by atoms with van der Waals surface area (Å²) in [7, 11) is 1.67. The Morgan fingerprint density at radius 3 is 2.67 bits per heavy atom. The van der Waals surface area contributed by atoms with E-state index in [0.717, 1.165) is 18.9 Å². The normalized spacial score (nSPS) is 22.0. The van der Waals surface area contributed by atoms with Gasteiger partial charge < -0.3 is 10.3 Å². The third-order valence-electron chi connectivity index (χ3n) is 1.84. The van der Waals surface area contributed by atoms with Crippen molar-refractivity contribution in [3.63, 3.8) is 0 Å². The van der Waals surface area contributed by atoms with E-state index in [4.69, 9.17) is 0 Å². The van der Waals surface area contributed by atoms with Gasteiger partial charge >= 0.3 is 0 Å². The molecule has 0 saturated heterocycles. The molecule has 0 heterocycles. The molecule has 0 amide bonds. The van der Waals surface area contributed by atoms with Crippen LogP contribution in [0.5, 0.6) is 0 Å². The summed E-state index contributed by atoms with van der Waals surface area (Å²) in [6.45, 7) is 0.802. The Morgan fingerprint density at radius 1 is 1.56 bits per heavy atom. The van der Waals surface area contributed by atoms with Gasteiger partial charge in [0.2, 0.25) is 0 Å². The van der Waals surface area contributed by atoms with Gasteiger partial charge in [0.25, 0.3) is 0 Å². The topological polar surface area (TPSA) is 27.5 Å². The maximum absolute atomic E-state index is 10.4. The first-order valence-corrected chi connectivity index (χ1v) is 3.78. The van der Waals surface area contributed by atoms with Crippen molar-refractivity contribution in [1.82, 2.24) is 0 Å². The fourth-order valence-electron chi connectivity index (χ4n) is 1.05. The van der Waals surface area contributed by atoms with Gasteiger partial charge in [-0.3, -0.25) is 0 Å². The van der Waals surface area contributed by atoms with Crippen LogP contribution in [0.2, 0.25) is 0 Å². The SMILES string of the molecule is C[NH+]([O-])CCCC1CC1. The first kappa shape index (κ1) is 7.03. The van der Waals surface area contributed by atoms with Gasteiger partial charge in [-0.2, -0.15) is 0 Å². The second-order valence-corrected chi connectivity index (χ2v) is 3.04. The molecule has 1 unspecified atom stereocenters. The van der Waals surface area contributed by atoms with E-state index in [9.17, 15) is 5.21 Å². The van der Waals surface area contributed by atoms with E-state index in [0.29, 0.717) is 5.06 Å². The Balaban J connectivity index is 1.81. The van der Waals surface area contributed by atoms with Crippen LogP contribution in [-0.4, -0.2) is 13.6 Å². The van der Waals surface area contributed by atoms with Crippen molar-refractivity contribution >= 4 is 0 Å². The number of rotatable bonds is 4. The summed E-state index contributed by atoms with van der Waals surface area (Å²) < 4.78 is 0. The van der Waals surface area contributed by atoms with Crippen LogP contribution in [0.4, 0.5) is 0 Å². The summed E-state index contributed by atoms with van der Waals surface area (Å²) in [5, 5.41) is 10.8. The number of hydroxylamine groups is 2. The maximum Gasteiger partial charge on any atom is 0.0766 e. The Morgan fingerprint density at radius 2 is 2.22 bits per heavy atom. The second kappa shape index (κ2) is 3.18. The summed E-state index contributed by atoms with van der Waals surface area (Å²) in [6, 6.07) is 0. The fraction of sp³-hybridized carbons (Fsp3) is 1.00. The van der Waals surface area contributed by atoms with Crippen LogP contribution in [0.15, 0.2) is 0 Å². The van der Waals surface area contributed by atoms with Crippen LogP contribution in [-0.2, 0) is 0 Å². The summed E-state index contributed by atoms with van der Waals surface area (Å²) in [5.41, 5.74) is 0. The molecule has 0 aromatic rings. The summed E-state index contributed by atoms with van der Waals surface area (Å²) in [6.07, 6.45) is 5.25. The predicted octanol–water partition coefficient (Wildman–Crippen LogP) is 0.189. The predicted molar refractivity (Wildman–Crippen MR) is 37.1 cm³/mol. The first-order valence-electron chi connectivity index (χ1n) is 3.78. The van der Waals surface area contributed by atoms with Gasteiger partial charge in [-0.15, -0.1) is 0 Å². The van der Waals surface area contributed by atoms with Crippen LogP contribution in [0.3, 0.4) is 0 Å². The minimum absolute atomic E-state index is 0.343. The average molecular weight is 129 g/mol. The Labute approximate surface area is 56.4 Å². The molecule has 2 heteroatoms. The maximum atomic E-state index is 10.4. The molecule has 1 atom stereocenters. The zero-order valence-corrected chi connectivity index (χ0v) is 6.02. The zero-order chi connectivity index (χ0) is 6.69. The van der Waals surface area contributed by atoms with Crippen molar-refractivity contribution in [3.05, 3.63) is 5.21 Å². The van der Waals surface area contributed by atoms with Crippen molar-refractivity contribution in [2.24, 2.45) is 5.92 Å². The highest BCUT2D eigenvalue weighted by Crippen LogP contribution is 2.32. The van der Waals surface area contributed by atoms with Crippen molar-refractivity contribution in [1.29, 1.82) is 0 Å². The molecule has 0 aromatic carbocycles. The lowest BCUT2D eigenvalue weighted by Crippen LogP contribution is -3.03. The third kappa shape index (κ3) is 3.49. The van der Waals surface area contributed by atoms with Gasteiger partial charge in [-0.05, 0) is 18.8 Å². The molecule has 9 heavy (non-hydrogen) atoms. The van der Waals surface area contributed by atoms with Gasteiger partial charge in [0.05, 0.1) is 13.6 Å². The van der Waals surface area contributed by atoms with E-state index in [1.165, 1.54) is 19.3 Å². The smallest absolute Gasteiger partial charge is 0.0766 e. The minimum Gasteiger partial charge on any atom is -0.634 e. The molecule has 1 rings (SSSR count). The second-order valence-electron chi connectivity index (χ2n) is 3.04. The highest BCUT2D eigenvalue weighted by atomic mass is 16.5. The van der Waals surface area contributed by atoms with Gasteiger partial charge in [-0.1, -0.05) is 12.8 Å². The Bertz CT molecular complexity index is 77.0. The molecule has 0 bridgehead atoms. The molecule has 1 aliphatic carbocycles. The monoisotopic (exact) mass is 129 g/mol. The van der Waals surface area contributed by atoms with E-state index in [-0.39, 0.29) is 0 Å². The van der Waals surface area contributed by atoms with E-state index in [2.05, 4.69) is 0 Å². The standard InChI is InChI=1S/C7H15NO/c1-8(9)6-2-3-7-4-5-7/h7-8H,2-6H2,1H3. The van der Waals surface area contributed by atoms with Crippen LogP contribution < -0.4 is 5.06 Å². The molecule has 0 spiro atoms. The molecule has 1 N–H and O–H groups in total. The lowest BCUT2D eigenvalue weighted by Gasteiger charge is -2.14. The molecular weight excluding hydrogens is 114 g/mol. The van der Waals surface area contributed by atoms with E-state index in [1.807, 2.05) is 0 Å². The summed E-state index contributed by atoms with van der Waals surface area (Å²) in [5.74, 6) is 0.990. The van der Waals surface area contributed by atoms with Crippen molar-refractivity contribution in [2.75, 3.05) is 13.6 Å². The summed E-state index contributed by atoms with van der Waals surface area (Å²) >= 11 is 0. The lowest BCUT2D eigenvalue weighted by atomic mass is 10.2. The molecule has 0 radical (unpaired) electrons. The first-order chi connectivity index (χ1) is 4.29. The van der Waals surface area contributed by atoms with Gasteiger partial charge in [0.15, 0.2) is 0 Å². The molecule has 1 saturated carbocycles. The minimum atomic E-state index is 0.343. The molecule has 54 valence electrons. The van der Waals surface area contributed by atoms with Crippen molar-refractivity contribution in [3.8, 4) is 0 Å². The summed E-state index contributed by atoms with van der Waals surface area (Å²) in [4.78, 5) is 0. The van der Waals surface area contributed by atoms with Crippen LogP contribution in [0.1, 0.15) is 25.7 Å². The average Bonchev–Trinajstić information content (AvgIpc) is 2.48. The highest BCUT2D eigenvalue weighted by Gasteiger charge is 2.20. The molecule has 1 aliphatic rings. The quantitative estimate of drug-likeness (QED) is 0.539. The number of quaternary nitrogens is 1. The fourth-order valence-corrected chi connectivity index (χ4v) is 1.05. The number of nitrogens with one attached hydrogen (secondary N) is 1. The Kier molecular flexibility index (Phi) is 2.49. The third-order valence-corrected chi connectivity index (χ3v) is 1.84. The van der Waals surface area contributed by atoms with E-state index in [1.54, 1.807) is 7.05 Å². The van der Waals surface area contributed by atoms with Crippen molar-refractivity contribution < 1.29 is 5.06 Å². The highest BCUT2D eigenvalue weighted by molar-refractivity contribution is 4.72.